The fourth-order valence-electron chi connectivity index (χ4n) is 0.893. The van der Waals surface area contributed by atoms with Gasteiger partial charge < -0.3 is 4.74 Å². The molecule has 0 aliphatic carbocycles. The van der Waals surface area contributed by atoms with Crippen LogP contribution in [0.2, 0.25) is 0 Å². The van der Waals surface area contributed by atoms with Gasteiger partial charge in [-0.1, -0.05) is 26.2 Å². The monoisotopic (exact) mass is 228 g/mol. The molecule has 0 bridgehead atoms. The predicted molar refractivity (Wildman–Crippen MR) is 51.4 cm³/mol. The molecule has 0 aromatic rings. The summed E-state index contributed by atoms with van der Waals surface area (Å²) in [4.78, 5) is 0. The molecule has 0 fully saturated rings. The molecule has 1 unspecified atom stereocenters. The normalized spacial score (nSPS) is 14.2. The highest BCUT2D eigenvalue weighted by Crippen LogP contribution is 2.03. The summed E-state index contributed by atoms with van der Waals surface area (Å²) in [5.41, 5.74) is -2.33. The van der Waals surface area contributed by atoms with Gasteiger partial charge in [-0.25, -0.2) is 4.39 Å². The van der Waals surface area contributed by atoms with Crippen molar-refractivity contribution in [1.29, 1.82) is 0 Å². The van der Waals surface area contributed by atoms with Gasteiger partial charge in [0.1, 0.15) is 0 Å². The zero-order valence-corrected chi connectivity index (χ0v) is 9.09. The average Bonchev–Trinajstić information content (AvgIpc) is 2.09. The Kier molecular flexibility index (Phi) is 7.04. The summed E-state index contributed by atoms with van der Waals surface area (Å²) in [5.74, 6) is 0. The van der Waals surface area contributed by atoms with Gasteiger partial charge in [0.2, 0.25) is 5.50 Å². The fourth-order valence-corrected chi connectivity index (χ4v) is 1.16. The molecule has 6 heteroatoms. The van der Waals surface area contributed by atoms with E-state index in [1.54, 1.807) is 0 Å². The fraction of sp³-hybridized carbons (Fsp3) is 1.00. The molecule has 1 N–H and O–H groups in total. The minimum atomic E-state index is -4.59. The van der Waals surface area contributed by atoms with Crippen LogP contribution in [0, 0.1) is 0 Å². The summed E-state index contributed by atoms with van der Waals surface area (Å²) in [6, 6.07) is 0. The number of hydrogen-bond acceptors (Lipinski definition) is 3. The van der Waals surface area contributed by atoms with E-state index >= 15 is 0 Å². The van der Waals surface area contributed by atoms with Gasteiger partial charge in [0.05, 0.1) is 6.61 Å². The molecule has 0 heterocycles. The van der Waals surface area contributed by atoms with E-state index in [0.717, 1.165) is 25.7 Å². The summed E-state index contributed by atoms with van der Waals surface area (Å²) in [5, 5.41) is 0. The van der Waals surface area contributed by atoms with Crippen LogP contribution in [-0.2, 0) is 14.9 Å². The molecule has 0 aromatic heterocycles. The molecule has 0 aliphatic heterocycles. The van der Waals surface area contributed by atoms with Crippen LogP contribution < -0.4 is 0 Å². The van der Waals surface area contributed by atoms with Crippen LogP contribution in [0.15, 0.2) is 0 Å². The van der Waals surface area contributed by atoms with E-state index in [2.05, 4.69) is 6.92 Å². The Morgan fingerprint density at radius 3 is 2.50 bits per heavy atom. The maximum Gasteiger partial charge on any atom is 0.299 e. The average molecular weight is 228 g/mol. The number of rotatable bonds is 8. The van der Waals surface area contributed by atoms with Crippen molar-refractivity contribution in [3.8, 4) is 0 Å². The van der Waals surface area contributed by atoms with Gasteiger partial charge >= 0.3 is 0 Å². The molecular weight excluding hydrogens is 211 g/mol. The molecular formula is C8H17FO4S. The van der Waals surface area contributed by atoms with Gasteiger partial charge in [0.15, 0.2) is 0 Å². The van der Waals surface area contributed by atoms with Crippen LogP contribution in [0.25, 0.3) is 0 Å². The standard InChI is InChI=1S/C8H17FO4S/c1-2-3-4-5-6-13-7-8(9)14(10,11)12/h8H,2-7H2,1H3,(H,10,11,12). The zero-order chi connectivity index (χ0) is 11.0. The van der Waals surface area contributed by atoms with Crippen molar-refractivity contribution in [3.05, 3.63) is 0 Å². The number of alkyl halides is 1. The Morgan fingerprint density at radius 2 is 2.00 bits per heavy atom. The van der Waals surface area contributed by atoms with Gasteiger partial charge in [0, 0.05) is 6.61 Å². The molecule has 0 saturated heterocycles. The van der Waals surface area contributed by atoms with Crippen molar-refractivity contribution < 1.29 is 22.1 Å². The third-order valence-corrected chi connectivity index (χ3v) is 2.50. The van der Waals surface area contributed by atoms with Crippen molar-refractivity contribution >= 4 is 10.1 Å². The molecule has 4 nitrogen and oxygen atoms in total. The topological polar surface area (TPSA) is 63.6 Å². The van der Waals surface area contributed by atoms with E-state index in [1.807, 2.05) is 0 Å². The summed E-state index contributed by atoms with van der Waals surface area (Å²) in [7, 11) is -4.59. The lowest BCUT2D eigenvalue weighted by atomic mass is 10.2. The third kappa shape index (κ3) is 7.23. The quantitative estimate of drug-likeness (QED) is 0.508. The van der Waals surface area contributed by atoms with Crippen LogP contribution in [0.1, 0.15) is 32.6 Å². The van der Waals surface area contributed by atoms with Crippen molar-refractivity contribution in [2.24, 2.45) is 0 Å². The molecule has 0 saturated carbocycles. The molecule has 0 amide bonds. The minimum Gasteiger partial charge on any atom is -0.377 e. The van der Waals surface area contributed by atoms with Crippen molar-refractivity contribution in [1.82, 2.24) is 0 Å². The molecule has 1 atom stereocenters. The van der Waals surface area contributed by atoms with Gasteiger partial charge in [-0.05, 0) is 6.42 Å². The van der Waals surface area contributed by atoms with E-state index in [0.29, 0.717) is 6.61 Å². The summed E-state index contributed by atoms with van der Waals surface area (Å²) >= 11 is 0. The lowest BCUT2D eigenvalue weighted by Gasteiger charge is -2.05. The lowest BCUT2D eigenvalue weighted by Crippen LogP contribution is -2.21. The Bertz CT molecular complexity index is 227. The van der Waals surface area contributed by atoms with E-state index in [4.69, 9.17) is 9.29 Å². The summed E-state index contributed by atoms with van der Waals surface area (Å²) in [6.45, 7) is 1.80. The van der Waals surface area contributed by atoms with Gasteiger partial charge in [0.25, 0.3) is 10.1 Å². The number of hydrogen-bond donors (Lipinski definition) is 1. The Labute approximate surface area is 84.2 Å². The summed E-state index contributed by atoms with van der Waals surface area (Å²) < 4.78 is 45.9. The van der Waals surface area contributed by atoms with E-state index in [-0.39, 0.29) is 0 Å². The first-order valence-corrected chi connectivity index (χ1v) is 6.17. The highest BCUT2D eigenvalue weighted by Gasteiger charge is 2.21. The molecule has 86 valence electrons. The number of unbranched alkanes of at least 4 members (excludes halogenated alkanes) is 3. The van der Waals surface area contributed by atoms with Crippen molar-refractivity contribution in [2.75, 3.05) is 13.2 Å². The highest BCUT2D eigenvalue weighted by molar-refractivity contribution is 7.86. The van der Waals surface area contributed by atoms with Crippen LogP contribution in [-0.4, -0.2) is 31.7 Å². The maximum absolute atomic E-state index is 12.5. The first kappa shape index (κ1) is 13.8. The smallest absolute Gasteiger partial charge is 0.299 e. The molecule has 0 radical (unpaired) electrons. The second-order valence-electron chi connectivity index (χ2n) is 3.06. The SMILES string of the molecule is CCCCCCOCC(F)S(=O)(=O)O. The largest absolute Gasteiger partial charge is 0.377 e. The first-order chi connectivity index (χ1) is 6.48. The lowest BCUT2D eigenvalue weighted by molar-refractivity contribution is 0.100. The Hall–Kier alpha value is -0.200. The molecule has 14 heavy (non-hydrogen) atoms. The first-order valence-electron chi connectivity index (χ1n) is 4.66. The van der Waals surface area contributed by atoms with Gasteiger partial charge in [-0.2, -0.15) is 8.42 Å². The molecule has 0 spiro atoms. The van der Waals surface area contributed by atoms with Crippen LogP contribution in [0.4, 0.5) is 4.39 Å². The van der Waals surface area contributed by atoms with E-state index in [9.17, 15) is 12.8 Å². The second kappa shape index (κ2) is 7.14. The molecule has 0 aromatic carbocycles. The van der Waals surface area contributed by atoms with Gasteiger partial charge in [-0.15, -0.1) is 0 Å². The zero-order valence-electron chi connectivity index (χ0n) is 8.28. The molecule has 0 rings (SSSR count). The Morgan fingerprint density at radius 1 is 1.36 bits per heavy atom. The number of halogens is 1. The predicted octanol–water partition coefficient (Wildman–Crippen LogP) is 1.77. The highest BCUT2D eigenvalue weighted by atomic mass is 32.2. The van der Waals surface area contributed by atoms with E-state index < -0.39 is 22.2 Å². The van der Waals surface area contributed by atoms with Crippen LogP contribution >= 0.6 is 0 Å². The van der Waals surface area contributed by atoms with Crippen LogP contribution in [0.3, 0.4) is 0 Å². The van der Waals surface area contributed by atoms with Crippen molar-refractivity contribution in [3.63, 3.8) is 0 Å². The molecule has 0 aliphatic rings. The van der Waals surface area contributed by atoms with E-state index in [1.165, 1.54) is 0 Å². The minimum absolute atomic E-state index is 0.329. The number of ether oxygens (including phenoxy) is 1. The van der Waals surface area contributed by atoms with Crippen LogP contribution in [0.5, 0.6) is 0 Å². The maximum atomic E-state index is 12.5. The Balaban J connectivity index is 3.37. The summed E-state index contributed by atoms with van der Waals surface area (Å²) in [6.07, 6.45) is 3.95. The second-order valence-corrected chi connectivity index (χ2v) is 4.60. The third-order valence-electron chi connectivity index (χ3n) is 1.71. The van der Waals surface area contributed by atoms with Gasteiger partial charge in [-0.3, -0.25) is 4.55 Å². The van der Waals surface area contributed by atoms with Crippen molar-refractivity contribution in [2.45, 2.75) is 38.1 Å².